The van der Waals surface area contributed by atoms with Gasteiger partial charge in [0.1, 0.15) is 5.82 Å². The zero-order valence-electron chi connectivity index (χ0n) is 12.9. The van der Waals surface area contributed by atoms with Gasteiger partial charge in [0, 0.05) is 24.8 Å². The van der Waals surface area contributed by atoms with Crippen LogP contribution >= 0.6 is 0 Å². The topological polar surface area (TPSA) is 54.0 Å². The van der Waals surface area contributed by atoms with Crippen LogP contribution in [0.5, 0.6) is 0 Å². The SMILES string of the molecule is CCCNc1cc(C(=O)NCCCCC(C)C)ccn1. The molecule has 0 atom stereocenters. The number of nitrogens with zero attached hydrogens (tertiary/aromatic N) is 1. The highest BCUT2D eigenvalue weighted by atomic mass is 16.1. The van der Waals surface area contributed by atoms with E-state index in [0.29, 0.717) is 5.56 Å². The molecule has 0 aromatic carbocycles. The predicted octanol–water partition coefficient (Wildman–Crippen LogP) is 3.46. The molecule has 0 aliphatic carbocycles. The fourth-order valence-electron chi connectivity index (χ4n) is 1.90. The molecule has 2 N–H and O–H groups in total. The van der Waals surface area contributed by atoms with E-state index < -0.39 is 0 Å². The van der Waals surface area contributed by atoms with Crippen LogP contribution in [-0.2, 0) is 0 Å². The Balaban J connectivity index is 2.35. The van der Waals surface area contributed by atoms with E-state index in [0.717, 1.165) is 44.1 Å². The zero-order valence-corrected chi connectivity index (χ0v) is 12.9. The van der Waals surface area contributed by atoms with E-state index in [2.05, 4.69) is 36.4 Å². The normalized spacial score (nSPS) is 10.6. The van der Waals surface area contributed by atoms with Gasteiger partial charge in [-0.1, -0.05) is 33.6 Å². The molecule has 0 bridgehead atoms. The van der Waals surface area contributed by atoms with Gasteiger partial charge >= 0.3 is 0 Å². The van der Waals surface area contributed by atoms with Crippen LogP contribution in [0.4, 0.5) is 5.82 Å². The summed E-state index contributed by atoms with van der Waals surface area (Å²) in [6, 6.07) is 3.56. The van der Waals surface area contributed by atoms with Gasteiger partial charge in [0.25, 0.3) is 5.91 Å². The van der Waals surface area contributed by atoms with Gasteiger partial charge in [-0.05, 0) is 30.9 Å². The summed E-state index contributed by atoms with van der Waals surface area (Å²) in [5, 5.41) is 6.15. The third kappa shape index (κ3) is 6.55. The number of unbranched alkanes of at least 4 members (excludes halogenated alkanes) is 1. The molecule has 4 nitrogen and oxygen atoms in total. The lowest BCUT2D eigenvalue weighted by molar-refractivity contribution is 0.0953. The van der Waals surface area contributed by atoms with Crippen molar-refractivity contribution in [3.63, 3.8) is 0 Å². The molecule has 0 aliphatic rings. The minimum absolute atomic E-state index is 0.0171. The number of nitrogens with one attached hydrogen (secondary N) is 2. The number of anilines is 1. The minimum Gasteiger partial charge on any atom is -0.370 e. The smallest absolute Gasteiger partial charge is 0.251 e. The standard InChI is InChI=1S/C16H27N3O/c1-4-9-17-15-12-14(8-11-18-15)16(20)19-10-6-5-7-13(2)3/h8,11-13H,4-7,9-10H2,1-3H3,(H,17,18)(H,19,20). The average Bonchev–Trinajstić information content (AvgIpc) is 2.44. The molecule has 1 amide bonds. The molecule has 0 radical (unpaired) electrons. The van der Waals surface area contributed by atoms with Gasteiger partial charge in [0.15, 0.2) is 0 Å². The van der Waals surface area contributed by atoms with E-state index >= 15 is 0 Å². The van der Waals surface area contributed by atoms with Crippen LogP contribution < -0.4 is 10.6 Å². The van der Waals surface area contributed by atoms with Gasteiger partial charge < -0.3 is 10.6 Å². The maximum Gasteiger partial charge on any atom is 0.251 e. The van der Waals surface area contributed by atoms with Crippen molar-refractivity contribution < 1.29 is 4.79 Å². The van der Waals surface area contributed by atoms with Crippen molar-refractivity contribution in [2.75, 3.05) is 18.4 Å². The number of hydrogen-bond acceptors (Lipinski definition) is 3. The number of pyridine rings is 1. The Kier molecular flexibility index (Phi) is 7.70. The molecular weight excluding hydrogens is 250 g/mol. The second kappa shape index (κ2) is 9.34. The highest BCUT2D eigenvalue weighted by Crippen LogP contribution is 2.08. The van der Waals surface area contributed by atoms with E-state index in [1.165, 1.54) is 6.42 Å². The second-order valence-corrected chi connectivity index (χ2v) is 5.50. The summed E-state index contributed by atoms with van der Waals surface area (Å²) >= 11 is 0. The molecule has 4 heteroatoms. The van der Waals surface area contributed by atoms with Gasteiger partial charge in [-0.3, -0.25) is 4.79 Å². The van der Waals surface area contributed by atoms with Crippen LogP contribution in [0.1, 0.15) is 56.8 Å². The Hall–Kier alpha value is -1.58. The molecule has 0 saturated heterocycles. The molecule has 0 aliphatic heterocycles. The van der Waals surface area contributed by atoms with Crippen molar-refractivity contribution >= 4 is 11.7 Å². The second-order valence-electron chi connectivity index (χ2n) is 5.50. The van der Waals surface area contributed by atoms with Crippen molar-refractivity contribution in [1.29, 1.82) is 0 Å². The van der Waals surface area contributed by atoms with E-state index in [1.54, 1.807) is 18.3 Å². The minimum atomic E-state index is -0.0171. The van der Waals surface area contributed by atoms with E-state index in [-0.39, 0.29) is 5.91 Å². The lowest BCUT2D eigenvalue weighted by Crippen LogP contribution is -2.24. The summed E-state index contributed by atoms with van der Waals surface area (Å²) in [6.45, 7) is 8.15. The predicted molar refractivity (Wildman–Crippen MR) is 84.0 cm³/mol. The fourth-order valence-corrected chi connectivity index (χ4v) is 1.90. The quantitative estimate of drug-likeness (QED) is 0.680. The monoisotopic (exact) mass is 277 g/mol. The molecule has 0 unspecified atom stereocenters. The van der Waals surface area contributed by atoms with Gasteiger partial charge in [0.2, 0.25) is 0 Å². The molecule has 0 fully saturated rings. The Morgan fingerprint density at radius 2 is 2.10 bits per heavy atom. The maximum atomic E-state index is 12.0. The summed E-state index contributed by atoms with van der Waals surface area (Å²) in [5.74, 6) is 1.48. The number of carbonyl (C=O) groups excluding carboxylic acids is 1. The van der Waals surface area contributed by atoms with Crippen LogP contribution in [0.15, 0.2) is 18.3 Å². The molecule has 1 aromatic heterocycles. The van der Waals surface area contributed by atoms with Crippen molar-refractivity contribution in [2.45, 2.75) is 46.5 Å². The highest BCUT2D eigenvalue weighted by molar-refractivity contribution is 5.94. The Morgan fingerprint density at radius 1 is 1.30 bits per heavy atom. The molecule has 1 rings (SSSR count). The van der Waals surface area contributed by atoms with E-state index in [4.69, 9.17) is 0 Å². The molecule has 0 spiro atoms. The van der Waals surface area contributed by atoms with Crippen LogP contribution in [0.3, 0.4) is 0 Å². The number of carbonyl (C=O) groups is 1. The maximum absolute atomic E-state index is 12.0. The first-order valence-electron chi connectivity index (χ1n) is 7.61. The molecular formula is C16H27N3O. The first kappa shape index (κ1) is 16.5. The van der Waals surface area contributed by atoms with Gasteiger partial charge in [-0.15, -0.1) is 0 Å². The molecule has 20 heavy (non-hydrogen) atoms. The van der Waals surface area contributed by atoms with Gasteiger partial charge in [-0.25, -0.2) is 4.98 Å². The molecule has 112 valence electrons. The van der Waals surface area contributed by atoms with E-state index in [9.17, 15) is 4.79 Å². The summed E-state index contributed by atoms with van der Waals surface area (Å²) in [5.41, 5.74) is 0.669. The largest absolute Gasteiger partial charge is 0.370 e. The molecule has 0 saturated carbocycles. The Labute approximate surface area is 122 Å². The lowest BCUT2D eigenvalue weighted by Gasteiger charge is -2.08. The van der Waals surface area contributed by atoms with E-state index in [1.807, 2.05) is 0 Å². The zero-order chi connectivity index (χ0) is 14.8. The van der Waals surface area contributed by atoms with Crippen LogP contribution in [0.25, 0.3) is 0 Å². The number of amides is 1. The van der Waals surface area contributed by atoms with Crippen LogP contribution in [0.2, 0.25) is 0 Å². The van der Waals surface area contributed by atoms with Crippen molar-refractivity contribution in [2.24, 2.45) is 5.92 Å². The van der Waals surface area contributed by atoms with Crippen molar-refractivity contribution in [1.82, 2.24) is 10.3 Å². The number of rotatable bonds is 9. The first-order chi connectivity index (χ1) is 9.63. The summed E-state index contributed by atoms with van der Waals surface area (Å²) in [6.07, 6.45) is 6.13. The Morgan fingerprint density at radius 3 is 2.80 bits per heavy atom. The lowest BCUT2D eigenvalue weighted by atomic mass is 10.1. The molecule has 1 heterocycles. The number of hydrogen-bond donors (Lipinski definition) is 2. The summed E-state index contributed by atoms with van der Waals surface area (Å²) in [7, 11) is 0. The molecule has 1 aromatic rings. The van der Waals surface area contributed by atoms with Crippen molar-refractivity contribution in [3.8, 4) is 0 Å². The summed E-state index contributed by atoms with van der Waals surface area (Å²) in [4.78, 5) is 16.2. The third-order valence-corrected chi connectivity index (χ3v) is 3.07. The van der Waals surface area contributed by atoms with Gasteiger partial charge in [-0.2, -0.15) is 0 Å². The fraction of sp³-hybridized carbons (Fsp3) is 0.625. The summed E-state index contributed by atoms with van der Waals surface area (Å²) < 4.78 is 0. The van der Waals surface area contributed by atoms with Crippen LogP contribution in [0, 0.1) is 5.92 Å². The van der Waals surface area contributed by atoms with Crippen LogP contribution in [-0.4, -0.2) is 24.0 Å². The average molecular weight is 277 g/mol. The highest BCUT2D eigenvalue weighted by Gasteiger charge is 2.06. The Bertz CT molecular complexity index is 404. The number of aromatic nitrogens is 1. The van der Waals surface area contributed by atoms with Gasteiger partial charge in [0.05, 0.1) is 0 Å². The first-order valence-corrected chi connectivity index (χ1v) is 7.61. The van der Waals surface area contributed by atoms with Crippen molar-refractivity contribution in [3.05, 3.63) is 23.9 Å². The third-order valence-electron chi connectivity index (χ3n) is 3.07.